The van der Waals surface area contributed by atoms with Gasteiger partial charge in [0.15, 0.2) is 23.0 Å². The third-order valence-electron chi connectivity index (χ3n) is 14.7. The lowest BCUT2D eigenvalue weighted by molar-refractivity contribution is 0.475. The van der Waals surface area contributed by atoms with Crippen molar-refractivity contribution in [1.29, 1.82) is 0 Å². The van der Waals surface area contributed by atoms with Crippen LogP contribution in [0.4, 0.5) is 22.7 Å². The van der Waals surface area contributed by atoms with E-state index in [-0.39, 0.29) is 0 Å². The molecule has 2 aliphatic heterocycles. The van der Waals surface area contributed by atoms with Crippen molar-refractivity contribution in [3.63, 3.8) is 0 Å². The first-order valence-electron chi connectivity index (χ1n) is 23.9. The smallest absolute Gasteiger partial charge is 0.151 e. The highest BCUT2D eigenvalue weighted by Crippen LogP contribution is 2.63. The summed E-state index contributed by atoms with van der Waals surface area (Å²) < 4.78 is 12.4. The molecule has 0 atom stereocenters. The van der Waals surface area contributed by atoms with E-state index < -0.39 is 5.41 Å². The van der Waals surface area contributed by atoms with Gasteiger partial charge in [-0.15, -0.1) is 0 Å². The Morgan fingerprint density at radius 2 is 0.786 bits per heavy atom. The predicted molar refractivity (Wildman–Crippen MR) is 289 cm³/mol. The van der Waals surface area contributed by atoms with Gasteiger partial charge in [0.1, 0.15) is 0 Å². The van der Waals surface area contributed by atoms with E-state index in [0.29, 0.717) is 0 Å². The number of hydrogen-bond donors (Lipinski definition) is 1. The zero-order valence-electron chi connectivity index (χ0n) is 38.4. The van der Waals surface area contributed by atoms with Gasteiger partial charge < -0.3 is 19.7 Å². The Morgan fingerprint density at radius 3 is 1.43 bits per heavy atom. The average Bonchev–Trinajstić information content (AvgIpc) is 3.88. The maximum atomic E-state index is 6.25. The molecule has 0 saturated carbocycles. The van der Waals surface area contributed by atoms with Crippen LogP contribution in [0.3, 0.4) is 0 Å². The molecule has 10 aromatic carbocycles. The van der Waals surface area contributed by atoms with E-state index in [1.165, 1.54) is 55.6 Å². The Kier molecular flexibility index (Phi) is 8.99. The van der Waals surface area contributed by atoms with Crippen molar-refractivity contribution in [2.24, 2.45) is 0 Å². The predicted octanol–water partition coefficient (Wildman–Crippen LogP) is 17.4. The van der Waals surface area contributed by atoms with Crippen molar-refractivity contribution >= 4 is 47.1 Å². The number of benzene rings is 10. The fourth-order valence-corrected chi connectivity index (χ4v) is 11.3. The summed E-state index contributed by atoms with van der Waals surface area (Å²) in [6, 6.07) is 78.8. The van der Waals surface area contributed by atoms with E-state index >= 15 is 0 Å². The minimum Gasteiger partial charge on any atom is -0.453 e. The summed E-state index contributed by atoms with van der Waals surface area (Å²) in [6.45, 7) is 0. The molecular formula is C66H44N2O2. The fourth-order valence-electron chi connectivity index (χ4n) is 11.3. The molecule has 1 spiro atoms. The second-order valence-corrected chi connectivity index (χ2v) is 18.6. The third-order valence-corrected chi connectivity index (χ3v) is 14.7. The fraction of sp³-hybridized carbons (Fsp3) is 0.0303. The molecule has 70 heavy (non-hydrogen) atoms. The number of hydrogen-bond acceptors (Lipinski definition) is 4. The zero-order chi connectivity index (χ0) is 46.3. The minimum atomic E-state index is -0.457. The van der Waals surface area contributed by atoms with Crippen LogP contribution >= 0.6 is 0 Å². The summed E-state index contributed by atoms with van der Waals surface area (Å²) in [4.78, 5) is 2.21. The van der Waals surface area contributed by atoms with Crippen molar-refractivity contribution in [2.45, 2.75) is 5.41 Å². The van der Waals surface area contributed by atoms with Crippen molar-refractivity contribution in [3.8, 4) is 67.5 Å². The highest BCUT2D eigenvalue weighted by atomic mass is 16.5. The number of para-hydroxylation sites is 4. The highest BCUT2D eigenvalue weighted by molar-refractivity contribution is 5.96. The molecule has 10 aromatic rings. The summed E-state index contributed by atoms with van der Waals surface area (Å²) in [7, 11) is 2.10. The Morgan fingerprint density at radius 1 is 0.343 bits per heavy atom. The van der Waals surface area contributed by atoms with Crippen molar-refractivity contribution < 1.29 is 9.47 Å². The molecule has 2 heterocycles. The van der Waals surface area contributed by atoms with Gasteiger partial charge in [-0.05, 0) is 150 Å². The summed E-state index contributed by atoms with van der Waals surface area (Å²) in [6.07, 6.45) is 8.98. The summed E-state index contributed by atoms with van der Waals surface area (Å²) in [5, 5.41) is 3.54. The number of nitrogens with one attached hydrogen (secondary N) is 1. The topological polar surface area (TPSA) is 33.7 Å². The number of anilines is 4. The molecule has 0 radical (unpaired) electrons. The standard InChI is InChI=1S/C66H44N2O2/c1-68-60-15-7-9-17-64(60)70-65-37-33-49(41-61(65)68)47-30-24-43(25-31-47)19-21-45-27-35-53-52-34-26-44(38-56(52)66(57(53)39-45)54-12-4-2-10-50(54)51-11-3-5-13-55(51)66)20-18-42-22-28-46(29-23-42)48-32-36-63-59(40-48)67-58-14-6-8-16-62(58)69-63/h2-41,67H,1H3/b20-18+,21-19+. The number of fused-ring (bicyclic) bond motifs is 14. The Labute approximate surface area is 407 Å². The molecule has 0 saturated heterocycles. The van der Waals surface area contributed by atoms with Gasteiger partial charge in [-0.3, -0.25) is 0 Å². The van der Waals surface area contributed by atoms with Gasteiger partial charge in [-0.25, -0.2) is 0 Å². The average molecular weight is 897 g/mol. The van der Waals surface area contributed by atoms with E-state index in [4.69, 9.17) is 9.47 Å². The van der Waals surface area contributed by atoms with Gasteiger partial charge in [0.05, 0.1) is 28.2 Å². The molecule has 330 valence electrons. The van der Waals surface area contributed by atoms with Gasteiger partial charge in [-0.1, -0.05) is 182 Å². The summed E-state index contributed by atoms with van der Waals surface area (Å²) >= 11 is 0. The number of rotatable bonds is 6. The van der Waals surface area contributed by atoms with Crippen LogP contribution in [0.5, 0.6) is 23.0 Å². The van der Waals surface area contributed by atoms with Crippen LogP contribution in [0.25, 0.3) is 68.8 Å². The van der Waals surface area contributed by atoms with E-state index in [0.717, 1.165) is 79.1 Å². The number of nitrogens with zero attached hydrogens (tertiary/aromatic N) is 1. The molecule has 4 heteroatoms. The summed E-state index contributed by atoms with van der Waals surface area (Å²) in [5.74, 6) is 3.42. The lowest BCUT2D eigenvalue weighted by Crippen LogP contribution is -2.26. The third kappa shape index (κ3) is 6.30. The first-order valence-corrected chi connectivity index (χ1v) is 23.9. The van der Waals surface area contributed by atoms with E-state index in [1.54, 1.807) is 0 Å². The molecule has 0 fully saturated rings. The lowest BCUT2D eigenvalue weighted by Gasteiger charge is -2.30. The van der Waals surface area contributed by atoms with Gasteiger partial charge in [-0.2, -0.15) is 0 Å². The van der Waals surface area contributed by atoms with Crippen LogP contribution in [-0.2, 0) is 5.41 Å². The molecule has 4 nitrogen and oxygen atoms in total. The minimum absolute atomic E-state index is 0.457. The van der Waals surface area contributed by atoms with Crippen LogP contribution in [0.15, 0.2) is 218 Å². The van der Waals surface area contributed by atoms with Crippen LogP contribution in [0.2, 0.25) is 0 Å². The van der Waals surface area contributed by atoms with E-state index in [9.17, 15) is 0 Å². The molecule has 0 bridgehead atoms. The second kappa shape index (κ2) is 15.7. The van der Waals surface area contributed by atoms with Gasteiger partial charge in [0.25, 0.3) is 0 Å². The van der Waals surface area contributed by atoms with E-state index in [2.05, 4.69) is 211 Å². The van der Waals surface area contributed by atoms with Crippen LogP contribution in [-0.4, -0.2) is 7.05 Å². The van der Waals surface area contributed by atoms with Gasteiger partial charge in [0, 0.05) is 7.05 Å². The maximum absolute atomic E-state index is 6.25. The first kappa shape index (κ1) is 40.0. The molecule has 14 rings (SSSR count). The Bertz CT molecular complexity index is 3780. The van der Waals surface area contributed by atoms with Gasteiger partial charge in [0.2, 0.25) is 0 Å². The summed E-state index contributed by atoms with van der Waals surface area (Å²) in [5.41, 5.74) is 23.3. The molecule has 4 aliphatic rings. The van der Waals surface area contributed by atoms with Crippen molar-refractivity contribution in [3.05, 3.63) is 263 Å². The molecule has 0 aromatic heterocycles. The monoisotopic (exact) mass is 896 g/mol. The van der Waals surface area contributed by atoms with Gasteiger partial charge >= 0.3 is 0 Å². The normalized spacial score (nSPS) is 13.8. The van der Waals surface area contributed by atoms with Crippen LogP contribution in [0, 0.1) is 0 Å². The largest absolute Gasteiger partial charge is 0.453 e. The van der Waals surface area contributed by atoms with Crippen molar-refractivity contribution in [1.82, 2.24) is 0 Å². The SMILES string of the molecule is CN1c2ccccc2Oc2ccc(-c3ccc(/C=C/c4ccc5c(c4)C4(c6ccccc6-c6ccccc64)c4cc(/C=C/c6ccc(-c7ccc8c(c7)Nc7ccccc7O8)cc6)ccc4-5)cc3)cc21. The molecule has 0 unspecified atom stereocenters. The number of ether oxygens (including phenoxy) is 2. The van der Waals surface area contributed by atoms with E-state index in [1.807, 2.05) is 48.5 Å². The Balaban J connectivity index is 0.766. The maximum Gasteiger partial charge on any atom is 0.151 e. The molecular weight excluding hydrogens is 853 g/mol. The molecule has 1 N–H and O–H groups in total. The molecule has 2 aliphatic carbocycles. The Hall–Kier alpha value is -9.12. The highest BCUT2D eigenvalue weighted by Gasteiger charge is 2.51. The first-order chi connectivity index (χ1) is 34.5. The zero-order valence-corrected chi connectivity index (χ0v) is 38.4. The van der Waals surface area contributed by atoms with Crippen LogP contribution < -0.4 is 19.7 Å². The second-order valence-electron chi connectivity index (χ2n) is 18.6. The lowest BCUT2D eigenvalue weighted by atomic mass is 9.70. The van der Waals surface area contributed by atoms with Crippen molar-refractivity contribution in [2.75, 3.05) is 17.3 Å². The quantitative estimate of drug-likeness (QED) is 0.169. The van der Waals surface area contributed by atoms with Crippen LogP contribution in [0.1, 0.15) is 44.5 Å². The molecule has 0 amide bonds.